The first-order valence-electron chi connectivity index (χ1n) is 6.98. The number of nitrogen functional groups attached to an aromatic ring is 1. The summed E-state index contributed by atoms with van der Waals surface area (Å²) in [4.78, 5) is 0. The van der Waals surface area contributed by atoms with Crippen molar-refractivity contribution in [3.05, 3.63) is 18.2 Å². The van der Waals surface area contributed by atoms with E-state index in [0.717, 1.165) is 30.3 Å². The normalized spacial score (nSPS) is 15.1. The third kappa shape index (κ3) is 2.45. The lowest BCUT2D eigenvalue weighted by Gasteiger charge is -2.25. The van der Waals surface area contributed by atoms with E-state index < -0.39 is 0 Å². The van der Waals surface area contributed by atoms with Gasteiger partial charge in [-0.3, -0.25) is 0 Å². The molecule has 0 atom stereocenters. The van der Waals surface area contributed by atoms with E-state index in [1.54, 1.807) is 13.2 Å². The van der Waals surface area contributed by atoms with Crippen LogP contribution in [0.25, 0.3) is 11.4 Å². The fourth-order valence-electron chi connectivity index (χ4n) is 2.53. The number of hydrogen-bond acceptors (Lipinski definition) is 5. The van der Waals surface area contributed by atoms with Gasteiger partial charge in [0, 0.05) is 18.3 Å². The van der Waals surface area contributed by atoms with Crippen LogP contribution in [0.2, 0.25) is 0 Å². The van der Waals surface area contributed by atoms with Gasteiger partial charge >= 0.3 is 0 Å². The summed E-state index contributed by atoms with van der Waals surface area (Å²) in [6.45, 7) is 0.848. The highest BCUT2D eigenvalue weighted by molar-refractivity contribution is 5.67. The number of nitrogens with zero attached hydrogens (tertiary/aromatic N) is 4. The summed E-state index contributed by atoms with van der Waals surface area (Å²) in [7, 11) is 1.63. The van der Waals surface area contributed by atoms with E-state index >= 15 is 0 Å². The first-order valence-corrected chi connectivity index (χ1v) is 6.98. The van der Waals surface area contributed by atoms with Crippen molar-refractivity contribution in [2.45, 2.75) is 32.2 Å². The molecule has 1 aromatic heterocycles. The molecule has 0 unspecified atom stereocenters. The maximum absolute atomic E-state index is 5.78. The lowest BCUT2D eigenvalue weighted by atomic mass is 9.83. The van der Waals surface area contributed by atoms with E-state index in [9.17, 15) is 0 Å². The van der Waals surface area contributed by atoms with Gasteiger partial charge in [0.2, 0.25) is 0 Å². The topological polar surface area (TPSA) is 78.8 Å². The van der Waals surface area contributed by atoms with Gasteiger partial charge in [0.05, 0.1) is 12.7 Å². The highest BCUT2D eigenvalue weighted by Gasteiger charge is 2.19. The number of ether oxygens (including phenoxy) is 1. The molecule has 2 N–H and O–H groups in total. The van der Waals surface area contributed by atoms with Crippen LogP contribution < -0.4 is 10.5 Å². The van der Waals surface area contributed by atoms with Crippen molar-refractivity contribution < 1.29 is 4.74 Å². The Hall–Kier alpha value is -2.11. The minimum atomic E-state index is 0.666. The summed E-state index contributed by atoms with van der Waals surface area (Å²) in [6.07, 6.45) is 5.17. The standard InChI is InChI=1S/C14H19N5O/c1-20-13-9-11(15)5-6-12(13)14-16-17-18-19(14)8-7-10-3-2-4-10/h5-6,9-10H,2-4,7-8,15H2,1H3. The summed E-state index contributed by atoms with van der Waals surface area (Å²) in [5.41, 5.74) is 7.32. The molecule has 0 amide bonds. The highest BCUT2D eigenvalue weighted by Crippen LogP contribution is 2.32. The van der Waals surface area contributed by atoms with E-state index in [0.29, 0.717) is 11.4 Å². The molecule has 0 bridgehead atoms. The maximum Gasteiger partial charge on any atom is 0.185 e. The Morgan fingerprint density at radius 1 is 1.40 bits per heavy atom. The molecule has 1 aromatic carbocycles. The van der Waals surface area contributed by atoms with Crippen molar-refractivity contribution in [2.75, 3.05) is 12.8 Å². The SMILES string of the molecule is COc1cc(N)ccc1-c1nnnn1CCC1CCC1. The predicted molar refractivity (Wildman–Crippen MR) is 76.2 cm³/mol. The minimum Gasteiger partial charge on any atom is -0.496 e. The van der Waals surface area contributed by atoms with Crippen molar-refractivity contribution in [3.8, 4) is 17.1 Å². The van der Waals surface area contributed by atoms with Gasteiger partial charge in [0.25, 0.3) is 0 Å². The van der Waals surface area contributed by atoms with E-state index in [1.165, 1.54) is 19.3 Å². The van der Waals surface area contributed by atoms with Crippen LogP contribution in [0, 0.1) is 5.92 Å². The van der Waals surface area contributed by atoms with Crippen LogP contribution >= 0.6 is 0 Å². The zero-order valence-electron chi connectivity index (χ0n) is 11.6. The molecule has 0 aliphatic heterocycles. The zero-order chi connectivity index (χ0) is 13.9. The molecule has 3 rings (SSSR count). The number of hydrogen-bond donors (Lipinski definition) is 1. The van der Waals surface area contributed by atoms with Gasteiger partial charge in [-0.25, -0.2) is 4.68 Å². The van der Waals surface area contributed by atoms with Crippen molar-refractivity contribution in [2.24, 2.45) is 5.92 Å². The van der Waals surface area contributed by atoms with Gasteiger partial charge in [-0.1, -0.05) is 19.3 Å². The molecule has 6 heteroatoms. The number of aryl methyl sites for hydroxylation is 1. The maximum atomic E-state index is 5.78. The minimum absolute atomic E-state index is 0.666. The number of nitrogens with two attached hydrogens (primary N) is 1. The van der Waals surface area contributed by atoms with Gasteiger partial charge < -0.3 is 10.5 Å². The fraction of sp³-hybridized carbons (Fsp3) is 0.500. The summed E-state index contributed by atoms with van der Waals surface area (Å²) >= 11 is 0. The van der Waals surface area contributed by atoms with E-state index in [2.05, 4.69) is 15.5 Å². The van der Waals surface area contributed by atoms with Crippen LogP contribution in [-0.4, -0.2) is 27.3 Å². The Labute approximate surface area is 117 Å². The van der Waals surface area contributed by atoms with Crippen LogP contribution in [0.1, 0.15) is 25.7 Å². The molecule has 1 saturated carbocycles. The van der Waals surface area contributed by atoms with E-state index in [-0.39, 0.29) is 0 Å². The Balaban J connectivity index is 1.84. The second-order valence-electron chi connectivity index (χ2n) is 5.27. The average molecular weight is 273 g/mol. The predicted octanol–water partition coefficient (Wildman–Crippen LogP) is 2.12. The quantitative estimate of drug-likeness (QED) is 0.844. The molecule has 1 aliphatic carbocycles. The van der Waals surface area contributed by atoms with Crippen molar-refractivity contribution in [1.29, 1.82) is 0 Å². The molecular formula is C14H19N5O. The molecular weight excluding hydrogens is 254 g/mol. The monoisotopic (exact) mass is 273 g/mol. The van der Waals surface area contributed by atoms with Crippen LogP contribution in [0.15, 0.2) is 18.2 Å². The number of anilines is 1. The second kappa shape index (κ2) is 5.48. The Morgan fingerprint density at radius 3 is 2.95 bits per heavy atom. The molecule has 20 heavy (non-hydrogen) atoms. The summed E-state index contributed by atoms with van der Waals surface area (Å²) in [6, 6.07) is 5.53. The number of methoxy groups -OCH3 is 1. The lowest BCUT2D eigenvalue weighted by molar-refractivity contribution is 0.277. The van der Waals surface area contributed by atoms with Crippen LogP contribution in [0.3, 0.4) is 0 Å². The molecule has 1 aliphatic rings. The van der Waals surface area contributed by atoms with Crippen molar-refractivity contribution in [3.63, 3.8) is 0 Å². The summed E-state index contributed by atoms with van der Waals surface area (Å²) < 4.78 is 7.23. The van der Waals surface area contributed by atoms with Crippen LogP contribution in [0.5, 0.6) is 5.75 Å². The molecule has 1 heterocycles. The van der Waals surface area contributed by atoms with Crippen molar-refractivity contribution >= 4 is 5.69 Å². The Morgan fingerprint density at radius 2 is 2.25 bits per heavy atom. The van der Waals surface area contributed by atoms with E-state index in [1.807, 2.05) is 16.8 Å². The fourth-order valence-corrected chi connectivity index (χ4v) is 2.53. The molecule has 0 radical (unpaired) electrons. The third-order valence-corrected chi connectivity index (χ3v) is 3.97. The first-order chi connectivity index (χ1) is 9.78. The summed E-state index contributed by atoms with van der Waals surface area (Å²) in [5.74, 6) is 2.27. The molecule has 6 nitrogen and oxygen atoms in total. The van der Waals surface area contributed by atoms with Gasteiger partial charge in [0.15, 0.2) is 5.82 Å². The van der Waals surface area contributed by atoms with Gasteiger partial charge in [0.1, 0.15) is 5.75 Å². The first kappa shape index (κ1) is 12.9. The van der Waals surface area contributed by atoms with Gasteiger partial charge in [-0.15, -0.1) is 5.10 Å². The van der Waals surface area contributed by atoms with Gasteiger partial charge in [-0.05, 0) is 34.9 Å². The summed E-state index contributed by atoms with van der Waals surface area (Å²) in [5, 5.41) is 12.0. The molecule has 0 spiro atoms. The Kier molecular flexibility index (Phi) is 3.54. The molecule has 106 valence electrons. The largest absolute Gasteiger partial charge is 0.496 e. The highest BCUT2D eigenvalue weighted by atomic mass is 16.5. The van der Waals surface area contributed by atoms with Crippen LogP contribution in [0.4, 0.5) is 5.69 Å². The average Bonchev–Trinajstić information content (AvgIpc) is 2.85. The van der Waals surface area contributed by atoms with Crippen LogP contribution in [-0.2, 0) is 6.54 Å². The molecule has 0 saturated heterocycles. The zero-order valence-corrected chi connectivity index (χ0v) is 11.6. The number of aromatic nitrogens is 4. The number of rotatable bonds is 5. The second-order valence-corrected chi connectivity index (χ2v) is 5.27. The molecule has 2 aromatic rings. The molecule has 1 fully saturated rings. The van der Waals surface area contributed by atoms with Gasteiger partial charge in [-0.2, -0.15) is 0 Å². The van der Waals surface area contributed by atoms with E-state index in [4.69, 9.17) is 10.5 Å². The third-order valence-electron chi connectivity index (χ3n) is 3.97. The number of benzene rings is 1. The van der Waals surface area contributed by atoms with Crippen molar-refractivity contribution in [1.82, 2.24) is 20.2 Å². The smallest absolute Gasteiger partial charge is 0.185 e. The Bertz CT molecular complexity index is 591. The lowest BCUT2D eigenvalue weighted by Crippen LogP contribution is -2.15. The number of tetrazole rings is 1.